The van der Waals surface area contributed by atoms with E-state index in [1.807, 2.05) is 48.7 Å². The molecule has 0 aliphatic heterocycles. The molecule has 1 unspecified atom stereocenters. The standard InChI is InChI=1S/C41H26N3OP/c45-46(28-11-2-1-3-12-28,29-18-19-31-27(23-29)22-26-10-4-5-13-30(26)31)40-20-21-42-37-25-34-33(24-35(37)40)32-14-6-8-16-38(32)44-39-17-9-7-15-36(39)43-41(34)44/h1-21,23-25H,22H2. The van der Waals surface area contributed by atoms with Gasteiger partial charge in [-0.05, 0) is 76.5 Å². The summed E-state index contributed by atoms with van der Waals surface area (Å²) >= 11 is 0. The van der Waals surface area contributed by atoms with Gasteiger partial charge >= 0.3 is 0 Å². The van der Waals surface area contributed by atoms with Crippen molar-refractivity contribution in [1.29, 1.82) is 0 Å². The van der Waals surface area contributed by atoms with E-state index in [2.05, 4.69) is 101 Å². The van der Waals surface area contributed by atoms with E-state index in [0.717, 1.165) is 71.6 Å². The first-order chi connectivity index (χ1) is 22.7. The summed E-state index contributed by atoms with van der Waals surface area (Å²) in [6, 6.07) is 48.0. The second kappa shape index (κ2) is 9.47. The van der Waals surface area contributed by atoms with Crippen molar-refractivity contribution < 1.29 is 4.57 Å². The lowest BCUT2D eigenvalue weighted by atomic mass is 10.0. The highest BCUT2D eigenvalue weighted by Crippen LogP contribution is 2.47. The first-order valence-corrected chi connectivity index (χ1v) is 17.3. The Morgan fingerprint density at radius 1 is 0.543 bits per heavy atom. The van der Waals surface area contributed by atoms with Gasteiger partial charge in [0.2, 0.25) is 0 Å². The van der Waals surface area contributed by atoms with Crippen LogP contribution < -0.4 is 15.9 Å². The Labute approximate surface area is 265 Å². The van der Waals surface area contributed by atoms with Gasteiger partial charge in [0.1, 0.15) is 5.65 Å². The Morgan fingerprint density at radius 2 is 1.30 bits per heavy atom. The van der Waals surface area contributed by atoms with Crippen molar-refractivity contribution in [2.24, 2.45) is 0 Å². The van der Waals surface area contributed by atoms with Crippen LogP contribution >= 0.6 is 7.14 Å². The lowest BCUT2D eigenvalue weighted by Gasteiger charge is -2.22. The molecule has 5 heteroatoms. The molecule has 6 aromatic carbocycles. The number of nitrogens with zero attached hydrogens (tertiary/aromatic N) is 3. The molecule has 0 bridgehead atoms. The Morgan fingerprint density at radius 3 is 2.22 bits per heavy atom. The average molecular weight is 608 g/mol. The van der Waals surface area contributed by atoms with Crippen molar-refractivity contribution in [3.05, 3.63) is 157 Å². The minimum atomic E-state index is -3.32. The number of pyridine rings is 2. The average Bonchev–Trinajstić information content (AvgIpc) is 3.70. The second-order valence-electron chi connectivity index (χ2n) is 12.1. The minimum absolute atomic E-state index is 0.804. The lowest BCUT2D eigenvalue weighted by molar-refractivity contribution is 0.592. The molecule has 46 heavy (non-hydrogen) atoms. The minimum Gasteiger partial charge on any atom is -0.309 e. The van der Waals surface area contributed by atoms with Crippen LogP contribution in [-0.2, 0) is 11.0 Å². The summed E-state index contributed by atoms with van der Waals surface area (Å²) in [4.78, 5) is 9.96. The molecule has 0 saturated heterocycles. The number of benzene rings is 6. The number of imidazole rings is 1. The zero-order valence-corrected chi connectivity index (χ0v) is 25.7. The normalized spacial score (nSPS) is 13.8. The Hall–Kier alpha value is -5.57. The molecule has 10 rings (SSSR count). The summed E-state index contributed by atoms with van der Waals surface area (Å²) in [5, 5.41) is 6.58. The van der Waals surface area contributed by atoms with E-state index >= 15 is 4.57 Å². The van der Waals surface area contributed by atoms with Crippen LogP contribution in [0.15, 0.2) is 146 Å². The van der Waals surface area contributed by atoms with Crippen LogP contribution in [0.1, 0.15) is 11.1 Å². The van der Waals surface area contributed by atoms with Crippen molar-refractivity contribution in [3.8, 4) is 11.1 Å². The molecule has 1 aliphatic rings. The van der Waals surface area contributed by atoms with Crippen LogP contribution in [0.2, 0.25) is 0 Å². The maximum Gasteiger partial charge on any atom is 0.171 e. The van der Waals surface area contributed by atoms with E-state index in [9.17, 15) is 0 Å². The molecular formula is C41H26N3OP. The number of hydrogen-bond donors (Lipinski definition) is 0. The summed E-state index contributed by atoms with van der Waals surface area (Å²) in [6.07, 6.45) is 2.65. The highest BCUT2D eigenvalue weighted by molar-refractivity contribution is 7.85. The second-order valence-corrected chi connectivity index (χ2v) is 14.9. The van der Waals surface area contributed by atoms with Gasteiger partial charge in [-0.2, -0.15) is 0 Å². The van der Waals surface area contributed by atoms with Crippen molar-refractivity contribution >= 4 is 72.3 Å². The fraction of sp³-hybridized carbons (Fsp3) is 0.0244. The molecule has 1 aliphatic carbocycles. The number of fused-ring (bicyclic) bond motifs is 12. The van der Waals surface area contributed by atoms with E-state index in [4.69, 9.17) is 9.97 Å². The fourth-order valence-corrected chi connectivity index (χ4v) is 10.5. The summed E-state index contributed by atoms with van der Waals surface area (Å²) in [5.41, 5.74) is 9.85. The molecule has 9 aromatic rings. The van der Waals surface area contributed by atoms with Gasteiger partial charge in [0.25, 0.3) is 0 Å². The Kier molecular flexibility index (Phi) is 5.29. The smallest absolute Gasteiger partial charge is 0.171 e. The van der Waals surface area contributed by atoms with Crippen LogP contribution in [0.3, 0.4) is 0 Å². The molecule has 0 fully saturated rings. The van der Waals surface area contributed by atoms with Gasteiger partial charge in [-0.25, -0.2) is 4.98 Å². The molecule has 3 aromatic heterocycles. The van der Waals surface area contributed by atoms with E-state index in [1.165, 1.54) is 22.3 Å². The first-order valence-electron chi connectivity index (χ1n) is 15.6. The summed E-state index contributed by atoms with van der Waals surface area (Å²) in [7, 11) is -3.32. The fourth-order valence-electron chi connectivity index (χ4n) is 7.60. The number of hydrogen-bond acceptors (Lipinski definition) is 3. The third kappa shape index (κ3) is 3.48. The van der Waals surface area contributed by atoms with Crippen LogP contribution in [0.5, 0.6) is 0 Å². The molecular weight excluding hydrogens is 581 g/mol. The van der Waals surface area contributed by atoms with Crippen molar-refractivity contribution in [3.63, 3.8) is 0 Å². The maximum absolute atomic E-state index is 16.0. The zero-order chi connectivity index (χ0) is 30.4. The quantitative estimate of drug-likeness (QED) is 0.115. The van der Waals surface area contributed by atoms with E-state index < -0.39 is 7.14 Å². The van der Waals surface area contributed by atoms with Crippen LogP contribution in [0.4, 0.5) is 0 Å². The van der Waals surface area contributed by atoms with Crippen molar-refractivity contribution in [1.82, 2.24) is 14.4 Å². The molecule has 0 spiro atoms. The van der Waals surface area contributed by atoms with E-state index in [-0.39, 0.29) is 0 Å². The molecule has 4 nitrogen and oxygen atoms in total. The molecule has 0 saturated carbocycles. The maximum atomic E-state index is 16.0. The van der Waals surface area contributed by atoms with Crippen LogP contribution in [0, 0.1) is 0 Å². The number of rotatable bonds is 3. The third-order valence-corrected chi connectivity index (χ3v) is 12.8. The van der Waals surface area contributed by atoms with Gasteiger partial charge in [0, 0.05) is 38.3 Å². The SMILES string of the molecule is O=P(c1ccccc1)(c1ccc2c(c1)Cc1ccccc1-2)c1ccnc2cc3c(cc12)c1ccccc1n1c2ccccc2nc31. The lowest BCUT2D eigenvalue weighted by Crippen LogP contribution is -2.26. The van der Waals surface area contributed by atoms with Gasteiger partial charge in [0.15, 0.2) is 7.14 Å². The van der Waals surface area contributed by atoms with Crippen LogP contribution in [-0.4, -0.2) is 14.4 Å². The van der Waals surface area contributed by atoms with Crippen molar-refractivity contribution in [2.45, 2.75) is 6.42 Å². The van der Waals surface area contributed by atoms with Gasteiger partial charge in [-0.1, -0.05) is 97.1 Å². The highest BCUT2D eigenvalue weighted by Gasteiger charge is 2.33. The van der Waals surface area contributed by atoms with E-state index in [1.54, 1.807) is 0 Å². The molecule has 0 amide bonds. The summed E-state index contributed by atoms with van der Waals surface area (Å²) in [6.45, 7) is 0. The summed E-state index contributed by atoms with van der Waals surface area (Å²) in [5.74, 6) is 0. The number of para-hydroxylation sites is 3. The topological polar surface area (TPSA) is 47.3 Å². The number of aromatic nitrogens is 3. The molecule has 0 radical (unpaired) electrons. The highest BCUT2D eigenvalue weighted by atomic mass is 31.2. The monoisotopic (exact) mass is 607 g/mol. The predicted octanol–water partition coefficient (Wildman–Crippen LogP) is 8.55. The summed E-state index contributed by atoms with van der Waals surface area (Å²) < 4.78 is 18.2. The largest absolute Gasteiger partial charge is 0.309 e. The van der Waals surface area contributed by atoms with Gasteiger partial charge < -0.3 is 4.57 Å². The van der Waals surface area contributed by atoms with Gasteiger partial charge in [-0.15, -0.1) is 0 Å². The predicted molar refractivity (Wildman–Crippen MR) is 191 cm³/mol. The molecule has 0 N–H and O–H groups in total. The first kappa shape index (κ1) is 25.7. The van der Waals surface area contributed by atoms with Crippen molar-refractivity contribution in [2.75, 3.05) is 0 Å². The molecule has 216 valence electrons. The van der Waals surface area contributed by atoms with Gasteiger partial charge in [-0.3, -0.25) is 9.38 Å². The Bertz CT molecular complexity index is 2760. The zero-order valence-electron chi connectivity index (χ0n) is 24.8. The van der Waals surface area contributed by atoms with Gasteiger partial charge in [0.05, 0.1) is 22.1 Å². The molecule has 3 heterocycles. The third-order valence-electron chi connectivity index (χ3n) is 9.69. The Balaban J connectivity index is 1.29. The van der Waals surface area contributed by atoms with E-state index in [0.29, 0.717) is 0 Å². The van der Waals surface area contributed by atoms with Crippen LogP contribution in [0.25, 0.3) is 60.4 Å². The molecule has 1 atom stereocenters.